The number of ether oxygens (including phenoxy) is 2. The highest BCUT2D eigenvalue weighted by Gasteiger charge is 2.35. The number of aryl methyl sites for hydroxylation is 1. The van der Waals surface area contributed by atoms with Crippen molar-refractivity contribution in [1.82, 2.24) is 4.90 Å². The summed E-state index contributed by atoms with van der Waals surface area (Å²) in [4.78, 5) is 5.97. The van der Waals surface area contributed by atoms with Gasteiger partial charge in [0.15, 0.2) is 0 Å². The summed E-state index contributed by atoms with van der Waals surface area (Å²) < 4.78 is 51.5. The number of alkyl halides is 3. The van der Waals surface area contributed by atoms with E-state index in [9.17, 15) is 13.2 Å². The van der Waals surface area contributed by atoms with E-state index in [-0.39, 0.29) is 12.4 Å². The van der Waals surface area contributed by atoms with E-state index >= 15 is 0 Å². The first-order chi connectivity index (χ1) is 13.4. The Balaban J connectivity index is 2.64. The SMILES string of the molecule is CCN(C)C=Nc1cc(C(F)(F)F)c(OCCCCOCC[Si](C)(C)C)cc1C. The van der Waals surface area contributed by atoms with Gasteiger partial charge >= 0.3 is 6.18 Å². The molecule has 1 aromatic carbocycles. The van der Waals surface area contributed by atoms with Crippen molar-refractivity contribution in [3.63, 3.8) is 0 Å². The van der Waals surface area contributed by atoms with Crippen LogP contribution in [-0.2, 0) is 10.9 Å². The monoisotopic (exact) mass is 432 g/mol. The summed E-state index contributed by atoms with van der Waals surface area (Å²) in [5.41, 5.74) is 0.144. The summed E-state index contributed by atoms with van der Waals surface area (Å²) in [6, 6.07) is 3.59. The zero-order chi connectivity index (χ0) is 22.1. The second-order valence-corrected chi connectivity index (χ2v) is 14.1. The Morgan fingerprint density at radius 3 is 2.34 bits per heavy atom. The molecule has 0 radical (unpaired) electrons. The molecule has 0 bridgehead atoms. The Labute approximate surface area is 174 Å². The molecule has 4 nitrogen and oxygen atoms in total. The topological polar surface area (TPSA) is 34.1 Å². The van der Waals surface area contributed by atoms with Gasteiger partial charge < -0.3 is 14.4 Å². The number of hydrogen-bond acceptors (Lipinski definition) is 3. The lowest BCUT2D eigenvalue weighted by molar-refractivity contribution is -0.138. The molecule has 0 spiro atoms. The number of hydrogen-bond donors (Lipinski definition) is 0. The second kappa shape index (κ2) is 11.6. The van der Waals surface area contributed by atoms with E-state index in [0.717, 1.165) is 31.7 Å². The van der Waals surface area contributed by atoms with Crippen molar-refractivity contribution in [2.45, 2.75) is 58.6 Å². The average molecular weight is 433 g/mol. The zero-order valence-corrected chi connectivity index (χ0v) is 19.5. The first kappa shape index (κ1) is 25.5. The average Bonchev–Trinajstić information content (AvgIpc) is 2.60. The first-order valence-corrected chi connectivity index (χ1v) is 13.8. The molecule has 0 unspecified atom stereocenters. The van der Waals surface area contributed by atoms with Crippen LogP contribution in [0.5, 0.6) is 5.75 Å². The third-order valence-corrected chi connectivity index (χ3v) is 6.14. The van der Waals surface area contributed by atoms with Gasteiger partial charge in [-0.05, 0) is 50.4 Å². The Hall–Kier alpha value is -1.54. The van der Waals surface area contributed by atoms with Gasteiger partial charge in [-0.25, -0.2) is 4.99 Å². The Bertz CT molecular complexity index is 659. The molecule has 0 aromatic heterocycles. The maximum absolute atomic E-state index is 13.5. The highest BCUT2D eigenvalue weighted by Crippen LogP contribution is 2.40. The van der Waals surface area contributed by atoms with Gasteiger partial charge in [-0.3, -0.25) is 0 Å². The van der Waals surface area contributed by atoms with Crippen molar-refractivity contribution in [1.29, 1.82) is 0 Å². The van der Waals surface area contributed by atoms with Crippen LogP contribution in [0.4, 0.5) is 18.9 Å². The first-order valence-electron chi connectivity index (χ1n) is 10.1. The van der Waals surface area contributed by atoms with Crippen LogP contribution < -0.4 is 4.74 Å². The van der Waals surface area contributed by atoms with Gasteiger partial charge in [0.2, 0.25) is 0 Å². The van der Waals surface area contributed by atoms with Crippen LogP contribution >= 0.6 is 0 Å². The van der Waals surface area contributed by atoms with Crippen LogP contribution in [0.1, 0.15) is 30.9 Å². The lowest BCUT2D eigenvalue weighted by atomic mass is 10.1. The molecule has 166 valence electrons. The number of nitrogens with zero attached hydrogens (tertiary/aromatic N) is 2. The van der Waals surface area contributed by atoms with Crippen LogP contribution in [0.3, 0.4) is 0 Å². The van der Waals surface area contributed by atoms with E-state index in [1.54, 1.807) is 11.8 Å². The number of halogens is 3. The fourth-order valence-electron chi connectivity index (χ4n) is 2.36. The lowest BCUT2D eigenvalue weighted by Crippen LogP contribution is -2.21. The molecule has 0 atom stereocenters. The number of benzene rings is 1. The summed E-state index contributed by atoms with van der Waals surface area (Å²) in [6.45, 7) is 12.9. The molecule has 0 saturated heterocycles. The van der Waals surface area contributed by atoms with E-state index < -0.39 is 19.8 Å². The maximum atomic E-state index is 13.5. The van der Waals surface area contributed by atoms with Gasteiger partial charge in [0.1, 0.15) is 5.75 Å². The molecule has 0 aliphatic rings. The lowest BCUT2D eigenvalue weighted by Gasteiger charge is -2.17. The normalized spacial score (nSPS) is 12.6. The molecule has 0 amide bonds. The fraction of sp³-hybridized carbons (Fsp3) is 0.667. The summed E-state index contributed by atoms with van der Waals surface area (Å²) in [5, 5.41) is 0. The minimum atomic E-state index is -4.50. The summed E-state index contributed by atoms with van der Waals surface area (Å²) in [6.07, 6.45) is -1.56. The molecule has 0 saturated carbocycles. The second-order valence-electron chi connectivity index (χ2n) is 8.43. The number of unbranched alkanes of at least 4 members (excludes halogenated alkanes) is 1. The number of rotatable bonds is 12. The third-order valence-electron chi connectivity index (χ3n) is 4.43. The standard InChI is InChI=1S/C21H35F3N2O2Si/c1-7-26(3)16-25-19-15-18(21(22,23)24)20(14-17(19)2)28-11-9-8-10-27-12-13-29(4,5)6/h14-16H,7-13H2,1-6H3. The molecule has 29 heavy (non-hydrogen) atoms. The third kappa shape index (κ3) is 10.2. The minimum absolute atomic E-state index is 0.141. The Kier molecular flexibility index (Phi) is 10.2. The van der Waals surface area contributed by atoms with Crippen molar-refractivity contribution in [2.24, 2.45) is 4.99 Å². The summed E-state index contributed by atoms with van der Waals surface area (Å²) in [7, 11) is 0.721. The highest BCUT2D eigenvalue weighted by atomic mass is 28.3. The zero-order valence-electron chi connectivity index (χ0n) is 18.5. The van der Waals surface area contributed by atoms with E-state index in [2.05, 4.69) is 24.6 Å². The van der Waals surface area contributed by atoms with Crippen LogP contribution in [0, 0.1) is 6.92 Å². The smallest absolute Gasteiger partial charge is 0.420 e. The van der Waals surface area contributed by atoms with Crippen molar-refractivity contribution in [3.8, 4) is 5.75 Å². The van der Waals surface area contributed by atoms with E-state index in [0.29, 0.717) is 24.3 Å². The summed E-state index contributed by atoms with van der Waals surface area (Å²) >= 11 is 0. The minimum Gasteiger partial charge on any atom is -0.493 e. The van der Waals surface area contributed by atoms with Gasteiger partial charge in [0.05, 0.1) is 24.2 Å². The van der Waals surface area contributed by atoms with E-state index in [1.807, 2.05) is 14.0 Å². The van der Waals surface area contributed by atoms with Crippen molar-refractivity contribution in [3.05, 3.63) is 23.3 Å². The molecule has 8 heteroatoms. The van der Waals surface area contributed by atoms with E-state index in [4.69, 9.17) is 9.47 Å². The van der Waals surface area contributed by atoms with Crippen LogP contribution in [0.2, 0.25) is 25.7 Å². The predicted octanol–water partition coefficient (Wildman–Crippen LogP) is 6.14. The van der Waals surface area contributed by atoms with Gasteiger partial charge in [-0.15, -0.1) is 0 Å². The summed E-state index contributed by atoms with van der Waals surface area (Å²) in [5.74, 6) is -0.141. The molecule has 1 aromatic rings. The number of aliphatic imine (C=N–C) groups is 1. The molecule has 0 fully saturated rings. The molecule has 0 N–H and O–H groups in total. The molecule has 1 rings (SSSR count). The van der Waals surface area contributed by atoms with Gasteiger partial charge in [-0.2, -0.15) is 13.2 Å². The molecular weight excluding hydrogens is 397 g/mol. The predicted molar refractivity (Wildman–Crippen MR) is 116 cm³/mol. The molecular formula is C21H35F3N2O2Si. The molecule has 0 heterocycles. The fourth-order valence-corrected chi connectivity index (χ4v) is 3.12. The van der Waals surface area contributed by atoms with Gasteiger partial charge in [0, 0.05) is 34.9 Å². The van der Waals surface area contributed by atoms with Crippen molar-refractivity contribution < 1.29 is 22.6 Å². The maximum Gasteiger partial charge on any atom is 0.420 e. The van der Waals surface area contributed by atoms with Crippen LogP contribution in [0.25, 0.3) is 0 Å². The highest BCUT2D eigenvalue weighted by molar-refractivity contribution is 6.76. The molecule has 0 aliphatic heterocycles. The van der Waals surface area contributed by atoms with Gasteiger partial charge in [-0.1, -0.05) is 19.6 Å². The van der Waals surface area contributed by atoms with Crippen LogP contribution in [-0.4, -0.2) is 52.7 Å². The van der Waals surface area contributed by atoms with Crippen molar-refractivity contribution in [2.75, 3.05) is 33.4 Å². The molecule has 0 aliphatic carbocycles. The largest absolute Gasteiger partial charge is 0.493 e. The Morgan fingerprint density at radius 2 is 1.76 bits per heavy atom. The Morgan fingerprint density at radius 1 is 1.10 bits per heavy atom. The van der Waals surface area contributed by atoms with E-state index in [1.165, 1.54) is 12.4 Å². The quantitative estimate of drug-likeness (QED) is 0.172. The van der Waals surface area contributed by atoms with Gasteiger partial charge in [0.25, 0.3) is 0 Å². The van der Waals surface area contributed by atoms with Crippen molar-refractivity contribution >= 4 is 20.1 Å². The van der Waals surface area contributed by atoms with Crippen LogP contribution in [0.15, 0.2) is 17.1 Å².